The summed E-state index contributed by atoms with van der Waals surface area (Å²) in [6, 6.07) is 11.9. The van der Waals surface area contributed by atoms with Crippen LogP contribution in [0.4, 0.5) is 14.5 Å². The third kappa shape index (κ3) is 3.88. The summed E-state index contributed by atoms with van der Waals surface area (Å²) in [4.78, 5) is 11.7. The van der Waals surface area contributed by atoms with Gasteiger partial charge in [-0.1, -0.05) is 18.2 Å². The van der Waals surface area contributed by atoms with Crippen LogP contribution in [0.15, 0.2) is 48.5 Å². The molecule has 0 unspecified atom stereocenters. The van der Waals surface area contributed by atoms with Gasteiger partial charge in [0.05, 0.1) is 0 Å². The smallest absolute Gasteiger partial charge is 0.224 e. The Labute approximate surface area is 110 Å². The van der Waals surface area contributed by atoms with E-state index in [2.05, 4.69) is 5.32 Å². The predicted octanol–water partition coefficient (Wildman–Crippen LogP) is 3.54. The number of anilines is 1. The van der Waals surface area contributed by atoms with E-state index < -0.39 is 0 Å². The van der Waals surface area contributed by atoms with Crippen molar-refractivity contribution in [3.8, 4) is 0 Å². The minimum Gasteiger partial charge on any atom is -0.326 e. The maximum atomic E-state index is 13.3. The summed E-state index contributed by atoms with van der Waals surface area (Å²) in [5.41, 5.74) is 1.04. The Hall–Kier alpha value is -2.23. The first-order valence-electron chi connectivity index (χ1n) is 5.94. The van der Waals surface area contributed by atoms with E-state index in [1.165, 1.54) is 30.3 Å². The fourth-order valence-electron chi connectivity index (χ4n) is 1.71. The average molecular weight is 261 g/mol. The van der Waals surface area contributed by atoms with Crippen molar-refractivity contribution in [2.45, 2.75) is 12.8 Å². The van der Waals surface area contributed by atoms with Crippen molar-refractivity contribution < 1.29 is 13.6 Å². The third-order valence-corrected chi connectivity index (χ3v) is 2.71. The van der Waals surface area contributed by atoms with Crippen molar-refractivity contribution in [2.75, 3.05) is 5.32 Å². The van der Waals surface area contributed by atoms with Crippen LogP contribution in [-0.4, -0.2) is 5.91 Å². The molecule has 0 aliphatic rings. The molecule has 19 heavy (non-hydrogen) atoms. The summed E-state index contributed by atoms with van der Waals surface area (Å²) < 4.78 is 26.0. The summed E-state index contributed by atoms with van der Waals surface area (Å²) in [5.74, 6) is -0.892. The predicted molar refractivity (Wildman–Crippen MR) is 69.8 cm³/mol. The van der Waals surface area contributed by atoms with E-state index >= 15 is 0 Å². The Kier molecular flexibility index (Phi) is 4.23. The molecule has 0 aromatic heterocycles. The molecule has 98 valence electrons. The Morgan fingerprint density at radius 3 is 2.37 bits per heavy atom. The van der Waals surface area contributed by atoms with Gasteiger partial charge in [0, 0.05) is 12.1 Å². The van der Waals surface area contributed by atoms with E-state index in [0.29, 0.717) is 17.7 Å². The Bertz CT molecular complexity index is 567. The highest BCUT2D eigenvalue weighted by Crippen LogP contribution is 2.11. The number of rotatable bonds is 4. The van der Waals surface area contributed by atoms with Gasteiger partial charge in [-0.3, -0.25) is 4.79 Å². The van der Waals surface area contributed by atoms with E-state index in [4.69, 9.17) is 0 Å². The lowest BCUT2D eigenvalue weighted by Gasteiger charge is -2.05. The molecule has 2 aromatic carbocycles. The quantitative estimate of drug-likeness (QED) is 0.896. The monoisotopic (exact) mass is 261 g/mol. The molecule has 2 aromatic rings. The van der Waals surface area contributed by atoms with Gasteiger partial charge in [0.25, 0.3) is 0 Å². The van der Waals surface area contributed by atoms with Crippen LogP contribution < -0.4 is 5.32 Å². The van der Waals surface area contributed by atoms with Crippen molar-refractivity contribution in [1.82, 2.24) is 0 Å². The molecule has 0 aliphatic heterocycles. The normalized spacial score (nSPS) is 10.2. The van der Waals surface area contributed by atoms with Crippen molar-refractivity contribution in [1.29, 1.82) is 0 Å². The summed E-state index contributed by atoms with van der Waals surface area (Å²) in [7, 11) is 0. The summed E-state index contributed by atoms with van der Waals surface area (Å²) >= 11 is 0. The first-order chi connectivity index (χ1) is 9.15. The van der Waals surface area contributed by atoms with Crippen LogP contribution in [0, 0.1) is 11.6 Å². The first kappa shape index (κ1) is 13.2. The summed E-state index contributed by atoms with van der Waals surface area (Å²) in [6.07, 6.45) is 0.512. The van der Waals surface area contributed by atoms with Gasteiger partial charge >= 0.3 is 0 Å². The van der Waals surface area contributed by atoms with Gasteiger partial charge in [0.15, 0.2) is 0 Å². The van der Waals surface area contributed by atoms with Crippen LogP contribution in [0.2, 0.25) is 0 Å². The fourth-order valence-corrected chi connectivity index (χ4v) is 1.71. The number of hydrogen-bond donors (Lipinski definition) is 1. The Morgan fingerprint density at radius 2 is 1.68 bits per heavy atom. The molecule has 4 heteroatoms. The van der Waals surface area contributed by atoms with Crippen LogP contribution in [0.25, 0.3) is 0 Å². The third-order valence-electron chi connectivity index (χ3n) is 2.71. The first-order valence-corrected chi connectivity index (χ1v) is 5.94. The molecular formula is C15H13F2NO. The number of hydrogen-bond acceptors (Lipinski definition) is 1. The lowest BCUT2D eigenvalue weighted by molar-refractivity contribution is -0.116. The highest BCUT2D eigenvalue weighted by atomic mass is 19.1. The standard InChI is InChI=1S/C15H13F2NO/c16-12-6-8-13(9-7-12)18-15(19)10-5-11-3-1-2-4-14(11)17/h1-4,6-9H,5,10H2,(H,18,19). The van der Waals surface area contributed by atoms with E-state index in [0.717, 1.165) is 0 Å². The van der Waals surface area contributed by atoms with Gasteiger partial charge in [-0.25, -0.2) is 8.78 Å². The molecule has 0 radical (unpaired) electrons. The SMILES string of the molecule is O=C(CCc1ccccc1F)Nc1ccc(F)cc1. The van der Waals surface area contributed by atoms with Gasteiger partial charge in [0.1, 0.15) is 11.6 Å². The summed E-state index contributed by atoms with van der Waals surface area (Å²) in [6.45, 7) is 0. The lowest BCUT2D eigenvalue weighted by atomic mass is 10.1. The molecule has 1 N–H and O–H groups in total. The van der Waals surface area contributed by atoms with Gasteiger partial charge < -0.3 is 5.32 Å². The average Bonchev–Trinajstić information content (AvgIpc) is 2.40. The van der Waals surface area contributed by atoms with Gasteiger partial charge in [-0.15, -0.1) is 0 Å². The van der Waals surface area contributed by atoms with E-state index in [1.54, 1.807) is 18.2 Å². The minimum absolute atomic E-state index is 0.179. The maximum Gasteiger partial charge on any atom is 0.224 e. The van der Waals surface area contributed by atoms with Crippen LogP contribution in [0.1, 0.15) is 12.0 Å². The number of carbonyl (C=O) groups excluding carboxylic acids is 1. The molecule has 0 atom stereocenters. The minimum atomic E-state index is -0.357. The summed E-state index contributed by atoms with van der Waals surface area (Å²) in [5, 5.41) is 2.63. The lowest BCUT2D eigenvalue weighted by Crippen LogP contribution is -2.12. The number of benzene rings is 2. The topological polar surface area (TPSA) is 29.1 Å². The van der Waals surface area contributed by atoms with Crippen LogP contribution in [0.3, 0.4) is 0 Å². The fraction of sp³-hybridized carbons (Fsp3) is 0.133. The number of nitrogens with one attached hydrogen (secondary N) is 1. The second-order valence-electron chi connectivity index (χ2n) is 4.15. The van der Waals surface area contributed by atoms with Gasteiger partial charge in [0.2, 0.25) is 5.91 Å². The zero-order valence-electron chi connectivity index (χ0n) is 10.2. The molecule has 0 aliphatic carbocycles. The maximum absolute atomic E-state index is 13.3. The molecule has 0 bridgehead atoms. The molecule has 0 saturated heterocycles. The second kappa shape index (κ2) is 6.09. The largest absolute Gasteiger partial charge is 0.326 e. The molecule has 2 nitrogen and oxygen atoms in total. The van der Waals surface area contributed by atoms with Crippen LogP contribution in [-0.2, 0) is 11.2 Å². The molecule has 2 rings (SSSR count). The molecule has 0 spiro atoms. The zero-order valence-corrected chi connectivity index (χ0v) is 10.2. The molecule has 0 saturated carbocycles. The Morgan fingerprint density at radius 1 is 1.00 bits per heavy atom. The highest BCUT2D eigenvalue weighted by Gasteiger charge is 2.06. The molecule has 1 amide bonds. The van der Waals surface area contributed by atoms with E-state index in [1.807, 2.05) is 0 Å². The van der Waals surface area contributed by atoms with Crippen LogP contribution in [0.5, 0.6) is 0 Å². The van der Waals surface area contributed by atoms with Crippen LogP contribution >= 0.6 is 0 Å². The number of halogens is 2. The molecule has 0 heterocycles. The van der Waals surface area contributed by atoms with Gasteiger partial charge in [-0.05, 0) is 42.3 Å². The number of aryl methyl sites for hydroxylation is 1. The van der Waals surface area contributed by atoms with E-state index in [9.17, 15) is 13.6 Å². The Balaban J connectivity index is 1.88. The number of carbonyl (C=O) groups is 1. The van der Waals surface area contributed by atoms with Crippen molar-refractivity contribution >= 4 is 11.6 Å². The van der Waals surface area contributed by atoms with Crippen molar-refractivity contribution in [2.24, 2.45) is 0 Å². The molecular weight excluding hydrogens is 248 g/mol. The van der Waals surface area contributed by atoms with Crippen molar-refractivity contribution in [3.63, 3.8) is 0 Å². The second-order valence-corrected chi connectivity index (χ2v) is 4.15. The highest BCUT2D eigenvalue weighted by molar-refractivity contribution is 5.90. The van der Waals surface area contributed by atoms with E-state index in [-0.39, 0.29) is 24.0 Å². The van der Waals surface area contributed by atoms with Gasteiger partial charge in [-0.2, -0.15) is 0 Å². The van der Waals surface area contributed by atoms with Crippen molar-refractivity contribution in [3.05, 3.63) is 65.7 Å². The zero-order chi connectivity index (χ0) is 13.7. The number of amides is 1. The molecule has 0 fully saturated rings.